The fraction of sp³-hybridized carbons (Fsp3) is 0.556. The topological polar surface area (TPSA) is 55.1 Å². The number of carbonyl (C=O) groups is 1. The summed E-state index contributed by atoms with van der Waals surface area (Å²) in [5.74, 6) is -0.556. The Kier molecular flexibility index (Phi) is 1.83. The van der Waals surface area contributed by atoms with Crippen molar-refractivity contribution in [2.24, 2.45) is 0 Å². The summed E-state index contributed by atoms with van der Waals surface area (Å²) < 4.78 is 1.92. The lowest BCUT2D eigenvalue weighted by Crippen LogP contribution is -2.04. The van der Waals surface area contributed by atoms with Crippen LogP contribution < -0.4 is 0 Å². The first-order valence-electron chi connectivity index (χ1n) is 4.42. The highest BCUT2D eigenvalue weighted by Gasteiger charge is 2.27. The summed E-state index contributed by atoms with van der Waals surface area (Å²) in [5, 5.41) is 12.9. The van der Waals surface area contributed by atoms with E-state index in [2.05, 4.69) is 5.10 Å². The third-order valence-corrected chi connectivity index (χ3v) is 2.57. The molecule has 1 N–H and O–H groups in total. The van der Waals surface area contributed by atoms with Gasteiger partial charge in [-0.1, -0.05) is 0 Å². The molecule has 0 fully saturated rings. The summed E-state index contributed by atoms with van der Waals surface area (Å²) in [7, 11) is 0. The molecule has 0 radical (unpaired) electrons. The molecule has 0 saturated carbocycles. The van der Waals surface area contributed by atoms with Crippen LogP contribution in [0.15, 0.2) is 6.20 Å². The first-order chi connectivity index (χ1) is 6.18. The summed E-state index contributed by atoms with van der Waals surface area (Å²) >= 11 is 0. The maximum absolute atomic E-state index is 10.6. The van der Waals surface area contributed by atoms with Crippen LogP contribution in [0.25, 0.3) is 0 Å². The van der Waals surface area contributed by atoms with Crippen LogP contribution in [0.1, 0.15) is 30.0 Å². The molecule has 0 amide bonds. The van der Waals surface area contributed by atoms with E-state index in [0.717, 1.165) is 24.2 Å². The predicted octanol–water partition coefficient (Wildman–Crippen LogP) is 1.15. The van der Waals surface area contributed by atoms with Gasteiger partial charge in [0.25, 0.3) is 0 Å². The smallest absolute Gasteiger partial charge is 0.304 e. The molecule has 0 aromatic carbocycles. The number of carboxylic acid groups (broad SMARTS) is 1. The molecule has 2 rings (SSSR count). The molecule has 0 spiro atoms. The number of fused-ring (bicyclic) bond motifs is 1. The van der Waals surface area contributed by atoms with Gasteiger partial charge in [0.05, 0.1) is 12.6 Å². The number of hydrogen-bond donors (Lipinski definition) is 1. The van der Waals surface area contributed by atoms with Crippen molar-refractivity contribution >= 4 is 5.97 Å². The van der Waals surface area contributed by atoms with Gasteiger partial charge in [-0.3, -0.25) is 9.48 Å². The molecule has 1 aromatic rings. The predicted molar refractivity (Wildman–Crippen MR) is 46.6 cm³/mol. The standard InChI is InChI=1S/C9H12N2O2/c1-6-5-10-11-3-2-7(9(6)11)4-8(12)13/h5,7H,2-4H2,1H3,(H,12,13). The Labute approximate surface area is 76.2 Å². The normalized spacial score (nSPS) is 20.2. The summed E-state index contributed by atoms with van der Waals surface area (Å²) in [6.07, 6.45) is 2.95. The maximum atomic E-state index is 10.6. The second-order valence-corrected chi connectivity index (χ2v) is 3.52. The molecule has 1 aliphatic heterocycles. The van der Waals surface area contributed by atoms with E-state index >= 15 is 0 Å². The molecule has 70 valence electrons. The van der Waals surface area contributed by atoms with Gasteiger partial charge in [0, 0.05) is 18.2 Å². The van der Waals surface area contributed by atoms with E-state index in [0.29, 0.717) is 0 Å². The minimum atomic E-state index is -0.723. The summed E-state index contributed by atoms with van der Waals surface area (Å²) in [4.78, 5) is 10.6. The van der Waals surface area contributed by atoms with Gasteiger partial charge in [0.2, 0.25) is 0 Å². The molecule has 1 aromatic heterocycles. The molecule has 0 aliphatic carbocycles. The largest absolute Gasteiger partial charge is 0.481 e. The molecule has 4 nitrogen and oxygen atoms in total. The fourth-order valence-electron chi connectivity index (χ4n) is 2.02. The van der Waals surface area contributed by atoms with Crippen molar-refractivity contribution < 1.29 is 9.90 Å². The number of aliphatic carboxylic acids is 1. The zero-order chi connectivity index (χ0) is 9.42. The summed E-state index contributed by atoms with van der Waals surface area (Å²) in [6.45, 7) is 2.85. The molecule has 0 saturated heterocycles. The Morgan fingerprint density at radius 3 is 3.31 bits per heavy atom. The second-order valence-electron chi connectivity index (χ2n) is 3.52. The van der Waals surface area contributed by atoms with Crippen LogP contribution in [0, 0.1) is 6.92 Å². The lowest BCUT2D eigenvalue weighted by Gasteiger charge is -2.05. The van der Waals surface area contributed by atoms with Gasteiger partial charge in [0.1, 0.15) is 0 Å². The van der Waals surface area contributed by atoms with Gasteiger partial charge >= 0.3 is 5.97 Å². The van der Waals surface area contributed by atoms with Crippen LogP contribution in [-0.2, 0) is 11.3 Å². The Bertz CT molecular complexity index is 343. The Morgan fingerprint density at radius 1 is 1.85 bits per heavy atom. The van der Waals surface area contributed by atoms with Crippen LogP contribution in [0.4, 0.5) is 0 Å². The monoisotopic (exact) mass is 180 g/mol. The molecule has 4 heteroatoms. The lowest BCUT2D eigenvalue weighted by molar-refractivity contribution is -0.137. The van der Waals surface area contributed by atoms with E-state index < -0.39 is 5.97 Å². The second kappa shape index (κ2) is 2.87. The molecule has 13 heavy (non-hydrogen) atoms. The zero-order valence-corrected chi connectivity index (χ0v) is 7.53. The van der Waals surface area contributed by atoms with Crippen LogP contribution in [-0.4, -0.2) is 20.9 Å². The SMILES string of the molecule is Cc1cnn2c1C(CC(=O)O)CC2. The van der Waals surface area contributed by atoms with E-state index in [4.69, 9.17) is 5.11 Å². The van der Waals surface area contributed by atoms with E-state index in [1.165, 1.54) is 0 Å². The number of nitrogens with zero attached hydrogens (tertiary/aromatic N) is 2. The van der Waals surface area contributed by atoms with Crippen molar-refractivity contribution in [3.63, 3.8) is 0 Å². The fourth-order valence-corrected chi connectivity index (χ4v) is 2.02. The van der Waals surface area contributed by atoms with E-state index in [1.54, 1.807) is 0 Å². The van der Waals surface area contributed by atoms with Crippen molar-refractivity contribution in [3.05, 3.63) is 17.5 Å². The molecular formula is C9H12N2O2. The van der Waals surface area contributed by atoms with Crippen LogP contribution in [0.3, 0.4) is 0 Å². The molecule has 1 unspecified atom stereocenters. The van der Waals surface area contributed by atoms with Crippen molar-refractivity contribution in [2.75, 3.05) is 0 Å². The Morgan fingerprint density at radius 2 is 2.62 bits per heavy atom. The highest BCUT2D eigenvalue weighted by Crippen LogP contribution is 2.32. The van der Waals surface area contributed by atoms with Crippen LogP contribution in [0.2, 0.25) is 0 Å². The Hall–Kier alpha value is -1.32. The van der Waals surface area contributed by atoms with E-state index in [9.17, 15) is 4.79 Å². The number of aryl methyl sites for hydroxylation is 2. The summed E-state index contributed by atoms with van der Waals surface area (Å²) in [5.41, 5.74) is 2.23. The van der Waals surface area contributed by atoms with Gasteiger partial charge < -0.3 is 5.11 Å². The quantitative estimate of drug-likeness (QED) is 0.742. The third-order valence-electron chi connectivity index (χ3n) is 2.57. The van der Waals surface area contributed by atoms with Crippen molar-refractivity contribution in [2.45, 2.75) is 32.2 Å². The van der Waals surface area contributed by atoms with Gasteiger partial charge in [0.15, 0.2) is 0 Å². The highest BCUT2D eigenvalue weighted by molar-refractivity contribution is 5.68. The lowest BCUT2D eigenvalue weighted by atomic mass is 9.98. The average molecular weight is 180 g/mol. The van der Waals surface area contributed by atoms with Crippen molar-refractivity contribution in [1.82, 2.24) is 9.78 Å². The van der Waals surface area contributed by atoms with Gasteiger partial charge in [-0.05, 0) is 18.9 Å². The van der Waals surface area contributed by atoms with Crippen molar-refractivity contribution in [1.29, 1.82) is 0 Å². The zero-order valence-electron chi connectivity index (χ0n) is 7.53. The Balaban J connectivity index is 2.26. The molecule has 0 bridgehead atoms. The third kappa shape index (κ3) is 1.32. The first-order valence-corrected chi connectivity index (χ1v) is 4.42. The molecule has 2 heterocycles. The van der Waals surface area contributed by atoms with E-state index in [1.807, 2.05) is 17.8 Å². The van der Waals surface area contributed by atoms with Gasteiger partial charge in [-0.2, -0.15) is 5.10 Å². The summed E-state index contributed by atoms with van der Waals surface area (Å²) in [6, 6.07) is 0. The molecular weight excluding hydrogens is 168 g/mol. The minimum absolute atomic E-state index is 0.167. The molecule has 1 atom stereocenters. The highest BCUT2D eigenvalue weighted by atomic mass is 16.4. The van der Waals surface area contributed by atoms with E-state index in [-0.39, 0.29) is 12.3 Å². The van der Waals surface area contributed by atoms with Crippen LogP contribution in [0.5, 0.6) is 0 Å². The number of hydrogen-bond acceptors (Lipinski definition) is 2. The van der Waals surface area contributed by atoms with Gasteiger partial charge in [-0.15, -0.1) is 0 Å². The number of rotatable bonds is 2. The van der Waals surface area contributed by atoms with Crippen LogP contribution >= 0.6 is 0 Å². The van der Waals surface area contributed by atoms with Gasteiger partial charge in [-0.25, -0.2) is 0 Å². The van der Waals surface area contributed by atoms with Crippen molar-refractivity contribution in [3.8, 4) is 0 Å². The number of carboxylic acids is 1. The minimum Gasteiger partial charge on any atom is -0.481 e. The molecule has 1 aliphatic rings. The number of aromatic nitrogens is 2. The average Bonchev–Trinajstić information content (AvgIpc) is 2.56. The first kappa shape index (κ1) is 8.29. The maximum Gasteiger partial charge on any atom is 0.304 e.